The second-order valence-corrected chi connectivity index (χ2v) is 3.66. The molecule has 0 fully saturated rings. The molecule has 0 rings (SSSR count). The van der Waals surface area contributed by atoms with Gasteiger partial charge in [-0.2, -0.15) is 0 Å². The third kappa shape index (κ3) is 5.85. The Balaban J connectivity index is 3.63. The SMILES string of the molecule is C[C@@H](COC(C)(C)C)C(=O)O. The molecule has 0 amide bonds. The van der Waals surface area contributed by atoms with Gasteiger partial charge in [-0.1, -0.05) is 0 Å². The molecule has 0 aliphatic rings. The van der Waals surface area contributed by atoms with Crippen LogP contribution in [0.4, 0.5) is 0 Å². The molecule has 3 heteroatoms. The molecule has 0 unspecified atom stereocenters. The maximum absolute atomic E-state index is 10.3. The first-order valence-electron chi connectivity index (χ1n) is 3.69. The maximum atomic E-state index is 10.3. The highest BCUT2D eigenvalue weighted by molar-refractivity contribution is 5.69. The number of aliphatic carboxylic acids is 1. The Hall–Kier alpha value is -0.570. The largest absolute Gasteiger partial charge is 0.481 e. The first kappa shape index (κ1) is 10.4. The number of ether oxygens (including phenoxy) is 1. The van der Waals surface area contributed by atoms with E-state index in [1.165, 1.54) is 0 Å². The van der Waals surface area contributed by atoms with Crippen LogP contribution in [0.1, 0.15) is 27.7 Å². The summed E-state index contributed by atoms with van der Waals surface area (Å²) in [6.07, 6.45) is 0. The Morgan fingerprint density at radius 1 is 1.55 bits per heavy atom. The fourth-order valence-electron chi connectivity index (χ4n) is 0.446. The molecule has 0 aliphatic carbocycles. The molecule has 0 bridgehead atoms. The molecule has 0 aromatic rings. The van der Waals surface area contributed by atoms with Crippen molar-refractivity contribution >= 4 is 5.97 Å². The van der Waals surface area contributed by atoms with Crippen molar-refractivity contribution in [1.82, 2.24) is 0 Å². The Bertz CT molecular complexity index is 135. The topological polar surface area (TPSA) is 46.5 Å². The van der Waals surface area contributed by atoms with Gasteiger partial charge in [0.2, 0.25) is 0 Å². The smallest absolute Gasteiger partial charge is 0.308 e. The molecule has 0 aliphatic heterocycles. The maximum Gasteiger partial charge on any atom is 0.308 e. The predicted octanol–water partition coefficient (Wildman–Crippen LogP) is 1.52. The molecule has 0 spiro atoms. The van der Waals surface area contributed by atoms with E-state index in [0.717, 1.165) is 0 Å². The highest BCUT2D eigenvalue weighted by Gasteiger charge is 2.16. The van der Waals surface area contributed by atoms with Crippen LogP contribution in [-0.2, 0) is 9.53 Å². The summed E-state index contributed by atoms with van der Waals surface area (Å²) >= 11 is 0. The number of rotatable bonds is 3. The quantitative estimate of drug-likeness (QED) is 0.681. The van der Waals surface area contributed by atoms with E-state index in [-0.39, 0.29) is 12.2 Å². The molecular weight excluding hydrogens is 144 g/mol. The van der Waals surface area contributed by atoms with Gasteiger partial charge in [-0.05, 0) is 27.7 Å². The second kappa shape index (κ2) is 3.72. The average Bonchev–Trinajstić information content (AvgIpc) is 1.80. The van der Waals surface area contributed by atoms with Gasteiger partial charge in [0.05, 0.1) is 18.1 Å². The molecule has 0 radical (unpaired) electrons. The molecule has 0 saturated heterocycles. The minimum atomic E-state index is -0.811. The van der Waals surface area contributed by atoms with Gasteiger partial charge < -0.3 is 9.84 Å². The summed E-state index contributed by atoms with van der Waals surface area (Å²) in [6.45, 7) is 7.62. The van der Waals surface area contributed by atoms with Crippen molar-refractivity contribution < 1.29 is 14.6 Å². The molecule has 0 saturated carbocycles. The second-order valence-electron chi connectivity index (χ2n) is 3.66. The van der Waals surface area contributed by atoms with E-state index >= 15 is 0 Å². The van der Waals surface area contributed by atoms with E-state index in [1.807, 2.05) is 20.8 Å². The molecule has 0 aromatic heterocycles. The normalized spacial score (nSPS) is 14.5. The van der Waals surface area contributed by atoms with E-state index in [0.29, 0.717) is 0 Å². The van der Waals surface area contributed by atoms with Crippen LogP contribution >= 0.6 is 0 Å². The molecule has 3 nitrogen and oxygen atoms in total. The van der Waals surface area contributed by atoms with Gasteiger partial charge in [-0.15, -0.1) is 0 Å². The minimum Gasteiger partial charge on any atom is -0.481 e. The zero-order chi connectivity index (χ0) is 9.07. The number of hydrogen-bond acceptors (Lipinski definition) is 2. The van der Waals surface area contributed by atoms with Crippen LogP contribution in [0.25, 0.3) is 0 Å². The van der Waals surface area contributed by atoms with Crippen molar-refractivity contribution in [2.24, 2.45) is 5.92 Å². The van der Waals surface area contributed by atoms with E-state index in [2.05, 4.69) is 0 Å². The van der Waals surface area contributed by atoms with Crippen LogP contribution < -0.4 is 0 Å². The van der Waals surface area contributed by atoms with Crippen molar-refractivity contribution in [1.29, 1.82) is 0 Å². The fraction of sp³-hybridized carbons (Fsp3) is 0.875. The number of hydrogen-bond donors (Lipinski definition) is 1. The molecule has 0 heterocycles. The Kier molecular flexibility index (Phi) is 3.52. The fourth-order valence-corrected chi connectivity index (χ4v) is 0.446. The average molecular weight is 160 g/mol. The molecule has 0 aromatic carbocycles. The number of carbonyl (C=O) groups is 1. The Labute approximate surface area is 67.4 Å². The molecule has 66 valence electrons. The monoisotopic (exact) mass is 160 g/mol. The van der Waals surface area contributed by atoms with Crippen LogP contribution in [0.3, 0.4) is 0 Å². The van der Waals surface area contributed by atoms with Crippen LogP contribution in [0.15, 0.2) is 0 Å². The third-order valence-electron chi connectivity index (χ3n) is 1.19. The Morgan fingerprint density at radius 2 is 2.00 bits per heavy atom. The first-order valence-corrected chi connectivity index (χ1v) is 3.69. The summed E-state index contributed by atoms with van der Waals surface area (Å²) in [6, 6.07) is 0. The zero-order valence-electron chi connectivity index (χ0n) is 7.55. The van der Waals surface area contributed by atoms with Crippen LogP contribution in [-0.4, -0.2) is 23.3 Å². The third-order valence-corrected chi connectivity index (χ3v) is 1.19. The zero-order valence-corrected chi connectivity index (χ0v) is 7.55. The molecule has 1 N–H and O–H groups in total. The van der Waals surface area contributed by atoms with Gasteiger partial charge in [-0.3, -0.25) is 4.79 Å². The summed E-state index contributed by atoms with van der Waals surface area (Å²) in [5.74, 6) is -1.23. The molecular formula is C8H16O3. The van der Waals surface area contributed by atoms with Crippen molar-refractivity contribution in [2.45, 2.75) is 33.3 Å². The van der Waals surface area contributed by atoms with Gasteiger partial charge in [0.1, 0.15) is 0 Å². The van der Waals surface area contributed by atoms with E-state index in [1.54, 1.807) is 6.92 Å². The van der Waals surface area contributed by atoms with Gasteiger partial charge in [0, 0.05) is 0 Å². The van der Waals surface area contributed by atoms with Gasteiger partial charge in [0.25, 0.3) is 0 Å². The van der Waals surface area contributed by atoms with Gasteiger partial charge in [-0.25, -0.2) is 0 Å². The molecule has 11 heavy (non-hydrogen) atoms. The van der Waals surface area contributed by atoms with Crippen LogP contribution in [0, 0.1) is 5.92 Å². The lowest BCUT2D eigenvalue weighted by Gasteiger charge is -2.20. The van der Waals surface area contributed by atoms with Gasteiger partial charge in [0.15, 0.2) is 0 Å². The first-order chi connectivity index (χ1) is 4.83. The lowest BCUT2D eigenvalue weighted by Crippen LogP contribution is -2.25. The summed E-state index contributed by atoms with van der Waals surface area (Å²) in [5, 5.41) is 8.50. The van der Waals surface area contributed by atoms with Crippen molar-refractivity contribution in [3.63, 3.8) is 0 Å². The highest BCUT2D eigenvalue weighted by atomic mass is 16.5. The minimum absolute atomic E-state index is 0.246. The van der Waals surface area contributed by atoms with Crippen LogP contribution in [0.5, 0.6) is 0 Å². The predicted molar refractivity (Wildman–Crippen MR) is 42.5 cm³/mol. The van der Waals surface area contributed by atoms with E-state index in [4.69, 9.17) is 9.84 Å². The van der Waals surface area contributed by atoms with Crippen molar-refractivity contribution in [3.8, 4) is 0 Å². The van der Waals surface area contributed by atoms with Crippen LogP contribution in [0.2, 0.25) is 0 Å². The van der Waals surface area contributed by atoms with Crippen molar-refractivity contribution in [2.75, 3.05) is 6.61 Å². The lowest BCUT2D eigenvalue weighted by molar-refractivity contribution is -0.145. The number of carboxylic acids is 1. The summed E-state index contributed by atoms with van der Waals surface area (Å²) in [7, 11) is 0. The summed E-state index contributed by atoms with van der Waals surface area (Å²) < 4.78 is 5.27. The van der Waals surface area contributed by atoms with E-state index < -0.39 is 11.9 Å². The van der Waals surface area contributed by atoms with Gasteiger partial charge >= 0.3 is 5.97 Å². The van der Waals surface area contributed by atoms with E-state index in [9.17, 15) is 4.79 Å². The molecule has 1 atom stereocenters. The summed E-state index contributed by atoms with van der Waals surface area (Å²) in [4.78, 5) is 10.3. The standard InChI is InChI=1S/C8H16O3/c1-6(7(9)10)5-11-8(2,3)4/h6H,5H2,1-4H3,(H,9,10)/t6-/m0/s1. The number of carboxylic acid groups (broad SMARTS) is 1. The summed E-state index contributed by atoms with van der Waals surface area (Å²) in [5.41, 5.74) is -0.246. The highest BCUT2D eigenvalue weighted by Crippen LogP contribution is 2.09. The Morgan fingerprint density at radius 3 is 2.27 bits per heavy atom. The van der Waals surface area contributed by atoms with Crippen molar-refractivity contribution in [3.05, 3.63) is 0 Å². The lowest BCUT2D eigenvalue weighted by atomic mass is 10.1.